The molecule has 0 aliphatic carbocycles. The van der Waals surface area contributed by atoms with Crippen molar-refractivity contribution in [2.24, 2.45) is 0 Å². The molecule has 1 aliphatic heterocycles. The summed E-state index contributed by atoms with van der Waals surface area (Å²) >= 11 is 6.20. The highest BCUT2D eigenvalue weighted by atomic mass is 35.5. The van der Waals surface area contributed by atoms with Crippen molar-refractivity contribution in [3.05, 3.63) is 35.8 Å². The number of pyridine rings is 1. The summed E-state index contributed by atoms with van der Waals surface area (Å²) in [6.45, 7) is 2.80. The van der Waals surface area contributed by atoms with Gasteiger partial charge in [0.1, 0.15) is 11.5 Å². The van der Waals surface area contributed by atoms with Crippen LogP contribution in [0.2, 0.25) is 5.28 Å². The van der Waals surface area contributed by atoms with Gasteiger partial charge in [0.2, 0.25) is 5.28 Å². The largest absolute Gasteiger partial charge is 0.378 e. The molecule has 0 radical (unpaired) electrons. The lowest BCUT2D eigenvalue weighted by Crippen LogP contribution is -2.36. The number of nitrogens with zero attached hydrogens (tertiary/aromatic N) is 6. The molecule has 0 N–H and O–H groups in total. The Bertz CT molecular complexity index is 864. The van der Waals surface area contributed by atoms with Gasteiger partial charge in [0, 0.05) is 24.8 Å². The summed E-state index contributed by atoms with van der Waals surface area (Å²) < 4.78 is 20.2. The smallest absolute Gasteiger partial charge is 0.227 e. The van der Waals surface area contributed by atoms with E-state index < -0.39 is 5.82 Å². The van der Waals surface area contributed by atoms with Crippen LogP contribution in [-0.2, 0) is 4.74 Å². The van der Waals surface area contributed by atoms with Crippen LogP contribution in [0.1, 0.15) is 0 Å². The van der Waals surface area contributed by atoms with E-state index in [9.17, 15) is 4.39 Å². The predicted octanol–water partition coefficient (Wildman–Crippen LogP) is 1.82. The standard InChI is InChI=1S/C14H12ClFN6O/c15-14-20-12(9-5-10(16)7-17-6-9)19-13-11(8-18-22(13)14)21-1-3-23-4-2-21/h5-8H,1-4H2. The van der Waals surface area contributed by atoms with Crippen LogP contribution >= 0.6 is 11.6 Å². The molecule has 9 heteroatoms. The van der Waals surface area contributed by atoms with Gasteiger partial charge < -0.3 is 9.64 Å². The number of anilines is 1. The first-order valence-corrected chi connectivity index (χ1v) is 7.45. The fraction of sp³-hybridized carbons (Fsp3) is 0.286. The van der Waals surface area contributed by atoms with E-state index >= 15 is 0 Å². The van der Waals surface area contributed by atoms with Gasteiger partial charge in [-0.1, -0.05) is 0 Å². The molecule has 0 amide bonds. The summed E-state index contributed by atoms with van der Waals surface area (Å²) in [5, 5.41) is 4.39. The van der Waals surface area contributed by atoms with Crippen molar-refractivity contribution in [3.8, 4) is 11.4 Å². The Morgan fingerprint density at radius 2 is 1.96 bits per heavy atom. The van der Waals surface area contributed by atoms with E-state index in [1.165, 1.54) is 16.8 Å². The van der Waals surface area contributed by atoms with E-state index in [-0.39, 0.29) is 5.28 Å². The molecule has 0 spiro atoms. The zero-order chi connectivity index (χ0) is 15.8. The van der Waals surface area contributed by atoms with Crippen molar-refractivity contribution in [3.63, 3.8) is 0 Å². The lowest BCUT2D eigenvalue weighted by molar-refractivity contribution is 0.123. The molecule has 3 aromatic heterocycles. The van der Waals surface area contributed by atoms with Gasteiger partial charge in [-0.15, -0.1) is 0 Å². The Morgan fingerprint density at radius 3 is 2.74 bits per heavy atom. The number of ether oxygens (including phenoxy) is 1. The quantitative estimate of drug-likeness (QED) is 0.712. The van der Waals surface area contributed by atoms with Gasteiger partial charge in [0.05, 0.1) is 25.6 Å². The van der Waals surface area contributed by atoms with Crippen LogP contribution in [0.25, 0.3) is 17.0 Å². The van der Waals surface area contributed by atoms with Gasteiger partial charge in [-0.3, -0.25) is 4.98 Å². The molecular formula is C14H12ClFN6O. The normalized spacial score (nSPS) is 15.3. The predicted molar refractivity (Wildman–Crippen MR) is 82.0 cm³/mol. The second-order valence-electron chi connectivity index (χ2n) is 5.07. The highest BCUT2D eigenvalue weighted by Gasteiger charge is 2.19. The summed E-state index contributed by atoms with van der Waals surface area (Å²) in [6.07, 6.45) is 4.33. The molecular weight excluding hydrogens is 323 g/mol. The van der Waals surface area contributed by atoms with E-state index in [0.29, 0.717) is 30.2 Å². The van der Waals surface area contributed by atoms with Crippen molar-refractivity contribution >= 4 is 22.9 Å². The molecule has 7 nitrogen and oxygen atoms in total. The fourth-order valence-electron chi connectivity index (χ4n) is 2.52. The van der Waals surface area contributed by atoms with Gasteiger partial charge in [-0.05, 0) is 17.7 Å². The number of hydrogen-bond acceptors (Lipinski definition) is 6. The van der Waals surface area contributed by atoms with Gasteiger partial charge in [0.15, 0.2) is 11.5 Å². The third kappa shape index (κ3) is 2.60. The number of morpholine rings is 1. The Hall–Kier alpha value is -2.32. The van der Waals surface area contributed by atoms with Gasteiger partial charge >= 0.3 is 0 Å². The molecule has 0 aromatic carbocycles. The van der Waals surface area contributed by atoms with Crippen LogP contribution in [0.4, 0.5) is 10.1 Å². The summed E-state index contributed by atoms with van der Waals surface area (Å²) in [7, 11) is 0. The molecule has 118 valence electrons. The Labute approximate surface area is 135 Å². The van der Waals surface area contributed by atoms with E-state index in [1.54, 1.807) is 6.20 Å². The van der Waals surface area contributed by atoms with Crippen LogP contribution in [0.15, 0.2) is 24.7 Å². The maximum atomic E-state index is 13.4. The topological polar surface area (TPSA) is 68.4 Å². The van der Waals surface area contributed by atoms with Crippen LogP contribution in [0.5, 0.6) is 0 Å². The van der Waals surface area contributed by atoms with Crippen LogP contribution in [0, 0.1) is 5.82 Å². The summed E-state index contributed by atoms with van der Waals surface area (Å²) in [5.41, 5.74) is 1.89. The lowest BCUT2D eigenvalue weighted by Gasteiger charge is -2.27. The van der Waals surface area contributed by atoms with E-state index in [2.05, 4.69) is 25.0 Å². The second kappa shape index (κ2) is 5.71. The zero-order valence-electron chi connectivity index (χ0n) is 12.0. The average Bonchev–Trinajstić information content (AvgIpc) is 3.00. The van der Waals surface area contributed by atoms with Crippen molar-refractivity contribution in [1.29, 1.82) is 0 Å². The van der Waals surface area contributed by atoms with Gasteiger partial charge in [-0.25, -0.2) is 9.37 Å². The minimum atomic E-state index is -0.455. The van der Waals surface area contributed by atoms with Crippen LogP contribution in [-0.4, -0.2) is 50.9 Å². The second-order valence-corrected chi connectivity index (χ2v) is 5.41. The fourth-order valence-corrected chi connectivity index (χ4v) is 2.73. The lowest BCUT2D eigenvalue weighted by atomic mass is 10.2. The highest BCUT2D eigenvalue weighted by molar-refractivity contribution is 6.28. The first-order valence-electron chi connectivity index (χ1n) is 7.07. The number of hydrogen-bond donors (Lipinski definition) is 0. The van der Waals surface area contributed by atoms with E-state index in [0.717, 1.165) is 25.0 Å². The molecule has 1 fully saturated rings. The van der Waals surface area contributed by atoms with E-state index in [4.69, 9.17) is 16.3 Å². The minimum Gasteiger partial charge on any atom is -0.378 e. The Kier molecular flexibility index (Phi) is 3.55. The molecule has 3 aromatic rings. The zero-order valence-corrected chi connectivity index (χ0v) is 12.7. The first-order chi connectivity index (χ1) is 11.2. The number of halogens is 2. The highest BCUT2D eigenvalue weighted by Crippen LogP contribution is 2.25. The maximum absolute atomic E-state index is 13.4. The van der Waals surface area contributed by atoms with Gasteiger partial charge in [0.25, 0.3) is 0 Å². The van der Waals surface area contributed by atoms with Crippen molar-refractivity contribution in [2.75, 3.05) is 31.2 Å². The summed E-state index contributed by atoms with van der Waals surface area (Å²) in [6, 6.07) is 1.32. The SMILES string of the molecule is Fc1cncc(-c2nc(Cl)n3ncc(N4CCOCC4)c3n2)c1. The Balaban J connectivity index is 1.84. The molecule has 0 atom stereocenters. The van der Waals surface area contributed by atoms with Crippen LogP contribution < -0.4 is 4.90 Å². The van der Waals surface area contributed by atoms with Gasteiger partial charge in [-0.2, -0.15) is 14.6 Å². The molecule has 23 heavy (non-hydrogen) atoms. The third-order valence-electron chi connectivity index (χ3n) is 3.62. The molecule has 0 unspecified atom stereocenters. The minimum absolute atomic E-state index is 0.161. The third-order valence-corrected chi connectivity index (χ3v) is 3.87. The number of rotatable bonds is 2. The molecule has 1 saturated heterocycles. The summed E-state index contributed by atoms with van der Waals surface area (Å²) in [5.74, 6) is -0.145. The molecule has 4 rings (SSSR count). The van der Waals surface area contributed by atoms with Crippen molar-refractivity contribution in [1.82, 2.24) is 24.6 Å². The van der Waals surface area contributed by atoms with Crippen molar-refractivity contribution in [2.45, 2.75) is 0 Å². The molecule has 4 heterocycles. The molecule has 0 saturated carbocycles. The number of fused-ring (bicyclic) bond motifs is 1. The summed E-state index contributed by atoms with van der Waals surface area (Å²) in [4.78, 5) is 14.6. The number of aromatic nitrogens is 5. The average molecular weight is 335 g/mol. The monoisotopic (exact) mass is 334 g/mol. The molecule has 1 aliphatic rings. The van der Waals surface area contributed by atoms with Crippen LogP contribution in [0.3, 0.4) is 0 Å². The van der Waals surface area contributed by atoms with E-state index in [1.807, 2.05) is 0 Å². The Morgan fingerprint density at radius 1 is 1.13 bits per heavy atom. The maximum Gasteiger partial charge on any atom is 0.227 e. The first kappa shape index (κ1) is 14.3. The van der Waals surface area contributed by atoms with Crippen molar-refractivity contribution < 1.29 is 9.13 Å². The molecule has 0 bridgehead atoms.